The highest BCUT2D eigenvalue weighted by Gasteiger charge is 2.31. The van der Waals surface area contributed by atoms with Crippen molar-refractivity contribution in [2.75, 3.05) is 20.3 Å². The summed E-state index contributed by atoms with van der Waals surface area (Å²) in [6.07, 6.45) is 1.74. The Morgan fingerprint density at radius 3 is 2.94 bits per heavy atom. The van der Waals surface area contributed by atoms with E-state index in [0.29, 0.717) is 6.61 Å². The van der Waals surface area contributed by atoms with E-state index in [1.807, 2.05) is 6.07 Å². The van der Waals surface area contributed by atoms with Crippen molar-refractivity contribution >= 4 is 0 Å². The molecule has 0 amide bonds. The van der Waals surface area contributed by atoms with Crippen molar-refractivity contribution in [3.8, 4) is 5.75 Å². The zero-order valence-electron chi connectivity index (χ0n) is 9.95. The number of ether oxygens (including phenoxy) is 2. The van der Waals surface area contributed by atoms with Crippen molar-refractivity contribution in [1.82, 2.24) is 0 Å². The van der Waals surface area contributed by atoms with Gasteiger partial charge in [-0.05, 0) is 31.4 Å². The summed E-state index contributed by atoms with van der Waals surface area (Å²) in [5, 5.41) is 0. The molecule has 2 rings (SSSR count). The van der Waals surface area contributed by atoms with Gasteiger partial charge in [-0.25, -0.2) is 0 Å². The van der Waals surface area contributed by atoms with Crippen molar-refractivity contribution in [2.24, 2.45) is 5.73 Å². The molecule has 0 radical (unpaired) electrons. The number of nitrogens with two attached hydrogens (primary N) is 1. The standard InChI is InChI=1S/C13H19NO2/c1-10-3-4-12(15-2)11(7-10)8-13(14)5-6-16-9-13/h3-4,7H,5-6,8-9,14H2,1-2H3. The molecule has 88 valence electrons. The smallest absolute Gasteiger partial charge is 0.122 e. The first kappa shape index (κ1) is 11.4. The quantitative estimate of drug-likeness (QED) is 0.844. The number of rotatable bonds is 3. The Morgan fingerprint density at radius 2 is 2.31 bits per heavy atom. The first-order chi connectivity index (χ1) is 7.63. The van der Waals surface area contributed by atoms with E-state index in [9.17, 15) is 0 Å². The van der Waals surface area contributed by atoms with Gasteiger partial charge >= 0.3 is 0 Å². The minimum atomic E-state index is -0.221. The fourth-order valence-corrected chi connectivity index (χ4v) is 2.19. The molecule has 0 saturated carbocycles. The molecule has 1 atom stereocenters. The maximum atomic E-state index is 6.28. The summed E-state index contributed by atoms with van der Waals surface area (Å²) < 4.78 is 10.7. The Bertz CT molecular complexity index is 370. The van der Waals surface area contributed by atoms with Crippen LogP contribution in [0.5, 0.6) is 5.75 Å². The SMILES string of the molecule is COc1ccc(C)cc1CC1(N)CCOC1. The topological polar surface area (TPSA) is 44.5 Å². The van der Waals surface area contributed by atoms with Gasteiger partial charge in [0.15, 0.2) is 0 Å². The molecule has 1 saturated heterocycles. The number of hydrogen-bond acceptors (Lipinski definition) is 3. The lowest BCUT2D eigenvalue weighted by Gasteiger charge is -2.23. The molecular weight excluding hydrogens is 202 g/mol. The van der Waals surface area contributed by atoms with Crippen molar-refractivity contribution in [3.05, 3.63) is 29.3 Å². The van der Waals surface area contributed by atoms with Gasteiger partial charge in [0, 0.05) is 12.1 Å². The van der Waals surface area contributed by atoms with E-state index in [4.69, 9.17) is 15.2 Å². The molecule has 2 N–H and O–H groups in total. The Hall–Kier alpha value is -1.06. The van der Waals surface area contributed by atoms with Crippen molar-refractivity contribution in [1.29, 1.82) is 0 Å². The van der Waals surface area contributed by atoms with Crippen LogP contribution in [0.4, 0.5) is 0 Å². The highest BCUT2D eigenvalue weighted by molar-refractivity contribution is 5.38. The Balaban J connectivity index is 2.22. The first-order valence-corrected chi connectivity index (χ1v) is 5.63. The van der Waals surface area contributed by atoms with Gasteiger partial charge in [0.25, 0.3) is 0 Å². The Kier molecular flexibility index (Phi) is 3.17. The third-order valence-electron chi connectivity index (χ3n) is 3.11. The molecule has 16 heavy (non-hydrogen) atoms. The molecule has 0 aromatic heterocycles. The van der Waals surface area contributed by atoms with E-state index in [0.717, 1.165) is 25.2 Å². The Labute approximate surface area is 96.5 Å². The van der Waals surface area contributed by atoms with Gasteiger partial charge in [0.05, 0.1) is 13.7 Å². The summed E-state index contributed by atoms with van der Waals surface area (Å²) in [4.78, 5) is 0. The average molecular weight is 221 g/mol. The Morgan fingerprint density at radius 1 is 1.50 bits per heavy atom. The van der Waals surface area contributed by atoms with Gasteiger partial charge in [-0.2, -0.15) is 0 Å². The van der Waals surface area contributed by atoms with Crippen LogP contribution in [0.15, 0.2) is 18.2 Å². The van der Waals surface area contributed by atoms with E-state index < -0.39 is 0 Å². The largest absolute Gasteiger partial charge is 0.496 e. The van der Waals surface area contributed by atoms with Gasteiger partial charge in [-0.3, -0.25) is 0 Å². The van der Waals surface area contributed by atoms with Crippen LogP contribution >= 0.6 is 0 Å². The van der Waals surface area contributed by atoms with E-state index in [1.54, 1.807) is 7.11 Å². The second-order valence-corrected chi connectivity index (χ2v) is 4.66. The minimum absolute atomic E-state index is 0.221. The predicted octanol–water partition coefficient (Wildman–Crippen LogP) is 1.66. The fourth-order valence-electron chi connectivity index (χ4n) is 2.19. The average Bonchev–Trinajstić information content (AvgIpc) is 2.65. The molecule has 3 heteroatoms. The van der Waals surface area contributed by atoms with Crippen LogP contribution < -0.4 is 10.5 Å². The van der Waals surface area contributed by atoms with Gasteiger partial charge in [0.1, 0.15) is 5.75 Å². The third-order valence-corrected chi connectivity index (χ3v) is 3.11. The zero-order valence-corrected chi connectivity index (χ0v) is 9.95. The molecule has 0 bridgehead atoms. The van der Waals surface area contributed by atoms with Gasteiger partial charge in [0.2, 0.25) is 0 Å². The van der Waals surface area contributed by atoms with Crippen molar-refractivity contribution in [2.45, 2.75) is 25.3 Å². The normalized spacial score (nSPS) is 24.7. The number of benzene rings is 1. The molecule has 0 spiro atoms. The summed E-state index contributed by atoms with van der Waals surface area (Å²) in [5.41, 5.74) is 8.47. The van der Waals surface area contributed by atoms with Crippen LogP contribution in [0.1, 0.15) is 17.5 Å². The van der Waals surface area contributed by atoms with Crippen LogP contribution in [-0.4, -0.2) is 25.9 Å². The molecule has 1 aromatic carbocycles. The molecule has 1 unspecified atom stereocenters. The zero-order chi connectivity index (χ0) is 11.6. The molecule has 3 nitrogen and oxygen atoms in total. The van der Waals surface area contributed by atoms with E-state index >= 15 is 0 Å². The number of aryl methyl sites for hydroxylation is 1. The van der Waals surface area contributed by atoms with E-state index in [2.05, 4.69) is 19.1 Å². The number of hydrogen-bond donors (Lipinski definition) is 1. The van der Waals surface area contributed by atoms with Crippen LogP contribution in [0.25, 0.3) is 0 Å². The van der Waals surface area contributed by atoms with Crippen LogP contribution in [0.3, 0.4) is 0 Å². The lowest BCUT2D eigenvalue weighted by molar-refractivity contribution is 0.178. The molecular formula is C13H19NO2. The van der Waals surface area contributed by atoms with Crippen LogP contribution in [0.2, 0.25) is 0 Å². The minimum Gasteiger partial charge on any atom is -0.496 e. The maximum absolute atomic E-state index is 6.28. The molecule has 1 aliphatic rings. The van der Waals surface area contributed by atoms with Crippen LogP contribution in [-0.2, 0) is 11.2 Å². The van der Waals surface area contributed by atoms with Crippen molar-refractivity contribution in [3.63, 3.8) is 0 Å². The predicted molar refractivity (Wildman–Crippen MR) is 63.8 cm³/mol. The molecule has 1 heterocycles. The highest BCUT2D eigenvalue weighted by atomic mass is 16.5. The first-order valence-electron chi connectivity index (χ1n) is 5.63. The molecule has 1 aromatic rings. The lowest BCUT2D eigenvalue weighted by atomic mass is 9.90. The highest BCUT2D eigenvalue weighted by Crippen LogP contribution is 2.27. The summed E-state index contributed by atoms with van der Waals surface area (Å²) >= 11 is 0. The van der Waals surface area contributed by atoms with E-state index in [-0.39, 0.29) is 5.54 Å². The van der Waals surface area contributed by atoms with E-state index in [1.165, 1.54) is 11.1 Å². The third kappa shape index (κ3) is 2.36. The second-order valence-electron chi connectivity index (χ2n) is 4.66. The van der Waals surface area contributed by atoms with Crippen molar-refractivity contribution < 1.29 is 9.47 Å². The fraction of sp³-hybridized carbons (Fsp3) is 0.538. The molecule has 1 fully saturated rings. The summed E-state index contributed by atoms with van der Waals surface area (Å²) in [5.74, 6) is 0.919. The summed E-state index contributed by atoms with van der Waals surface area (Å²) in [7, 11) is 1.70. The monoisotopic (exact) mass is 221 g/mol. The lowest BCUT2D eigenvalue weighted by Crippen LogP contribution is -2.42. The van der Waals surface area contributed by atoms with Gasteiger partial charge in [-0.1, -0.05) is 17.7 Å². The van der Waals surface area contributed by atoms with Gasteiger partial charge in [-0.15, -0.1) is 0 Å². The van der Waals surface area contributed by atoms with Gasteiger partial charge < -0.3 is 15.2 Å². The number of methoxy groups -OCH3 is 1. The molecule has 1 aliphatic heterocycles. The van der Waals surface area contributed by atoms with Crippen LogP contribution in [0, 0.1) is 6.92 Å². The maximum Gasteiger partial charge on any atom is 0.122 e. The molecule has 0 aliphatic carbocycles. The summed E-state index contributed by atoms with van der Waals surface area (Å²) in [6, 6.07) is 6.20. The summed E-state index contributed by atoms with van der Waals surface area (Å²) in [6.45, 7) is 3.49. The second kappa shape index (κ2) is 4.44.